The van der Waals surface area contributed by atoms with Gasteiger partial charge < -0.3 is 24.8 Å². The number of rotatable bonds is 8. The van der Waals surface area contributed by atoms with Crippen molar-refractivity contribution in [2.45, 2.75) is 17.4 Å². The summed E-state index contributed by atoms with van der Waals surface area (Å²) in [5.74, 6) is -6.51. The molecular formula is C21H24F3N5O6S. The monoisotopic (exact) mass is 531 g/mol. The molecule has 0 radical (unpaired) electrons. The van der Waals surface area contributed by atoms with Crippen molar-refractivity contribution < 1.29 is 40.7 Å². The van der Waals surface area contributed by atoms with E-state index < -0.39 is 61.8 Å². The van der Waals surface area contributed by atoms with Crippen LogP contribution in [0.4, 0.5) is 18.9 Å². The highest BCUT2D eigenvalue weighted by atomic mass is 32.2. The van der Waals surface area contributed by atoms with Crippen molar-refractivity contribution in [2.24, 2.45) is 7.05 Å². The largest absolute Gasteiger partial charge is 0.383 e. The molecule has 196 valence electrons. The highest BCUT2D eigenvalue weighted by Gasteiger charge is 2.35. The van der Waals surface area contributed by atoms with Crippen molar-refractivity contribution in [1.82, 2.24) is 19.5 Å². The van der Waals surface area contributed by atoms with Crippen LogP contribution in [0.2, 0.25) is 0 Å². The summed E-state index contributed by atoms with van der Waals surface area (Å²) in [5, 5.41) is 4.56. The molecule has 1 saturated heterocycles. The van der Waals surface area contributed by atoms with Gasteiger partial charge in [-0.05, 0) is 18.6 Å². The number of ether oxygens (including phenoxy) is 1. The molecule has 0 aliphatic carbocycles. The van der Waals surface area contributed by atoms with Crippen LogP contribution in [0.5, 0.6) is 0 Å². The minimum Gasteiger partial charge on any atom is -0.383 e. The smallest absolute Gasteiger partial charge is 0.311 e. The lowest BCUT2D eigenvalue weighted by molar-refractivity contribution is -0.145. The van der Waals surface area contributed by atoms with Crippen LogP contribution in [0.3, 0.4) is 0 Å². The van der Waals surface area contributed by atoms with Gasteiger partial charge in [-0.3, -0.25) is 14.4 Å². The van der Waals surface area contributed by atoms with Gasteiger partial charge in [0.25, 0.3) is 5.91 Å². The molecule has 3 amide bonds. The fraction of sp³-hybridized carbons (Fsp3) is 0.381. The van der Waals surface area contributed by atoms with Crippen molar-refractivity contribution in [3.63, 3.8) is 0 Å². The van der Waals surface area contributed by atoms with E-state index in [2.05, 4.69) is 15.4 Å². The number of amides is 3. The quantitative estimate of drug-likeness (QED) is 0.332. The van der Waals surface area contributed by atoms with Gasteiger partial charge >= 0.3 is 11.8 Å². The molecule has 1 aliphatic rings. The molecule has 0 unspecified atom stereocenters. The van der Waals surface area contributed by atoms with Gasteiger partial charge in [0.1, 0.15) is 10.6 Å². The zero-order chi connectivity index (χ0) is 26.6. The van der Waals surface area contributed by atoms with E-state index in [1.165, 1.54) is 14.2 Å². The number of benzene rings is 1. The minimum absolute atomic E-state index is 0.100. The number of methoxy groups -OCH3 is 1. The number of nitrogens with zero attached hydrogens (tertiary/aromatic N) is 2. The molecule has 1 fully saturated rings. The number of hydrogen-bond acceptors (Lipinski definition) is 6. The van der Waals surface area contributed by atoms with Crippen LogP contribution in [-0.2, 0) is 31.4 Å². The molecule has 1 aliphatic heterocycles. The van der Waals surface area contributed by atoms with Crippen molar-refractivity contribution in [3.8, 4) is 0 Å². The standard InChI is InChI=1S/C21H24F3N5O6S/c1-28-11-16(17(24)18(28)19(30)26-12-3-4-14(22)15(23)9-12)36(33,34)27-13-5-7-29(10-13)21(32)20(31)25-6-8-35-2/h3-4,9,11,13,27H,5-8,10H2,1-2H3,(H,25,31)(H,26,30)/t13-/m1/s1. The van der Waals surface area contributed by atoms with E-state index in [-0.39, 0.29) is 38.3 Å². The van der Waals surface area contributed by atoms with E-state index in [9.17, 15) is 31.6 Å². The van der Waals surface area contributed by atoms with Crippen LogP contribution in [0.15, 0.2) is 29.3 Å². The first-order valence-electron chi connectivity index (χ1n) is 10.6. The molecule has 2 aromatic rings. The summed E-state index contributed by atoms with van der Waals surface area (Å²) in [6.07, 6.45) is 1.06. The normalized spacial score (nSPS) is 15.7. The van der Waals surface area contributed by atoms with E-state index in [1.807, 2.05) is 0 Å². The number of likely N-dealkylation sites (tertiary alicyclic amines) is 1. The summed E-state index contributed by atoms with van der Waals surface area (Å²) in [7, 11) is -1.80. The molecule has 0 bridgehead atoms. The molecule has 3 N–H and O–H groups in total. The molecule has 11 nitrogen and oxygen atoms in total. The number of aromatic nitrogens is 1. The number of carbonyl (C=O) groups excluding carboxylic acids is 3. The number of carbonyl (C=O) groups is 3. The Balaban J connectivity index is 1.68. The maximum Gasteiger partial charge on any atom is 0.311 e. The van der Waals surface area contributed by atoms with Gasteiger partial charge in [-0.2, -0.15) is 0 Å². The summed E-state index contributed by atoms with van der Waals surface area (Å²) >= 11 is 0. The number of halogens is 3. The fourth-order valence-corrected chi connectivity index (χ4v) is 4.98. The molecule has 1 aromatic heterocycles. The Kier molecular flexibility index (Phi) is 8.37. The minimum atomic E-state index is -4.47. The van der Waals surface area contributed by atoms with Crippen LogP contribution in [0, 0.1) is 17.5 Å². The van der Waals surface area contributed by atoms with Gasteiger partial charge in [0.05, 0.1) is 6.61 Å². The first-order chi connectivity index (χ1) is 16.9. The number of anilines is 1. The Morgan fingerprint density at radius 2 is 1.89 bits per heavy atom. The lowest BCUT2D eigenvalue weighted by Gasteiger charge is -2.16. The van der Waals surface area contributed by atoms with Crippen molar-refractivity contribution in [1.29, 1.82) is 0 Å². The van der Waals surface area contributed by atoms with Gasteiger partial charge in [-0.15, -0.1) is 0 Å². The van der Waals surface area contributed by atoms with E-state index in [0.717, 1.165) is 27.8 Å². The predicted molar refractivity (Wildman–Crippen MR) is 120 cm³/mol. The third-order valence-electron chi connectivity index (χ3n) is 5.35. The lowest BCUT2D eigenvalue weighted by Crippen LogP contribution is -2.44. The maximum absolute atomic E-state index is 15.1. The highest BCUT2D eigenvalue weighted by Crippen LogP contribution is 2.23. The first kappa shape index (κ1) is 27.2. The van der Waals surface area contributed by atoms with Crippen molar-refractivity contribution in [2.75, 3.05) is 38.7 Å². The highest BCUT2D eigenvalue weighted by molar-refractivity contribution is 7.89. The topological polar surface area (TPSA) is 139 Å². The average Bonchev–Trinajstić information content (AvgIpc) is 3.39. The summed E-state index contributed by atoms with van der Waals surface area (Å²) in [6, 6.07) is 1.72. The summed E-state index contributed by atoms with van der Waals surface area (Å²) in [6.45, 7) is 0.325. The van der Waals surface area contributed by atoms with Gasteiger partial charge in [0, 0.05) is 57.8 Å². The van der Waals surface area contributed by atoms with E-state index >= 15 is 4.39 Å². The molecule has 1 aromatic carbocycles. The average molecular weight is 532 g/mol. The van der Waals surface area contributed by atoms with Crippen molar-refractivity contribution in [3.05, 3.63) is 47.5 Å². The molecule has 0 saturated carbocycles. The SMILES string of the molecule is COCCNC(=O)C(=O)N1CC[C@@H](NS(=O)(=O)c2cn(C)c(C(=O)Nc3ccc(F)c(F)c3)c2F)C1. The van der Waals surface area contributed by atoms with Gasteiger partial charge in [-0.25, -0.2) is 26.3 Å². The van der Waals surface area contributed by atoms with E-state index in [4.69, 9.17) is 4.74 Å². The van der Waals surface area contributed by atoms with Crippen molar-refractivity contribution >= 4 is 33.4 Å². The fourth-order valence-electron chi connectivity index (χ4n) is 3.59. The summed E-state index contributed by atoms with van der Waals surface area (Å²) < 4.78 is 75.2. The Morgan fingerprint density at radius 3 is 2.56 bits per heavy atom. The maximum atomic E-state index is 15.1. The molecular weight excluding hydrogens is 507 g/mol. The van der Waals surface area contributed by atoms with E-state index in [0.29, 0.717) is 6.07 Å². The van der Waals surface area contributed by atoms with Crippen LogP contribution in [-0.4, -0.2) is 75.0 Å². The summed E-state index contributed by atoms with van der Waals surface area (Å²) in [5.41, 5.74) is -0.819. The first-order valence-corrected chi connectivity index (χ1v) is 12.1. The second-order valence-electron chi connectivity index (χ2n) is 7.96. The molecule has 2 heterocycles. The lowest BCUT2D eigenvalue weighted by atomic mass is 10.3. The second-order valence-corrected chi connectivity index (χ2v) is 9.64. The van der Waals surface area contributed by atoms with Crippen LogP contribution < -0.4 is 15.4 Å². The van der Waals surface area contributed by atoms with Crippen LogP contribution in [0.25, 0.3) is 0 Å². The zero-order valence-electron chi connectivity index (χ0n) is 19.3. The Labute approximate surface area is 204 Å². The number of sulfonamides is 1. The van der Waals surface area contributed by atoms with E-state index in [1.54, 1.807) is 0 Å². The van der Waals surface area contributed by atoms with Gasteiger partial charge in [0.2, 0.25) is 10.0 Å². The Morgan fingerprint density at radius 1 is 1.17 bits per heavy atom. The Hall–Kier alpha value is -3.43. The molecule has 15 heteroatoms. The molecule has 36 heavy (non-hydrogen) atoms. The van der Waals surface area contributed by atoms with Gasteiger partial charge in [0.15, 0.2) is 17.5 Å². The number of nitrogens with one attached hydrogen (secondary N) is 3. The summed E-state index contributed by atoms with van der Waals surface area (Å²) in [4.78, 5) is 37.0. The molecule has 3 rings (SSSR count). The zero-order valence-corrected chi connectivity index (χ0v) is 20.1. The third-order valence-corrected chi connectivity index (χ3v) is 6.86. The second kappa shape index (κ2) is 11.1. The number of hydrogen-bond donors (Lipinski definition) is 3. The van der Waals surface area contributed by atoms with Crippen LogP contribution in [0.1, 0.15) is 16.9 Å². The van der Waals surface area contributed by atoms with Crippen LogP contribution >= 0.6 is 0 Å². The predicted octanol–water partition coefficient (Wildman–Crippen LogP) is 0.337. The molecule has 0 spiro atoms. The third kappa shape index (κ3) is 6.03. The van der Waals surface area contributed by atoms with Gasteiger partial charge in [-0.1, -0.05) is 0 Å². The Bertz CT molecular complexity index is 1280. The number of aryl methyl sites for hydroxylation is 1. The molecule has 1 atom stereocenters.